The van der Waals surface area contributed by atoms with E-state index in [1.54, 1.807) is 0 Å². The predicted molar refractivity (Wildman–Crippen MR) is 65.3 cm³/mol. The Morgan fingerprint density at radius 3 is 2.65 bits per heavy atom. The van der Waals surface area contributed by atoms with Gasteiger partial charge in [0.1, 0.15) is 0 Å². The van der Waals surface area contributed by atoms with Crippen LogP contribution in [0.5, 0.6) is 0 Å². The first kappa shape index (κ1) is 9.61. The summed E-state index contributed by atoms with van der Waals surface area (Å²) in [4.78, 5) is 0. The minimum Gasteiger partial charge on any atom is -0.240 e. The van der Waals surface area contributed by atoms with E-state index in [-0.39, 0.29) is 0 Å². The van der Waals surface area contributed by atoms with E-state index in [0.29, 0.717) is 5.56 Å². The number of pyridine rings is 1. The summed E-state index contributed by atoms with van der Waals surface area (Å²) >= 11 is 0. The average Bonchev–Trinajstić information content (AvgIpc) is 2.83. The average molecular weight is 219 g/mol. The van der Waals surface area contributed by atoms with Crippen LogP contribution in [0.2, 0.25) is 0 Å². The van der Waals surface area contributed by atoms with Crippen molar-refractivity contribution in [2.75, 3.05) is 0 Å². The molecule has 2 heterocycles. The van der Waals surface area contributed by atoms with E-state index >= 15 is 0 Å². The zero-order chi connectivity index (χ0) is 11.7. The first-order valence-corrected chi connectivity index (χ1v) is 5.31. The minimum absolute atomic E-state index is 0.672. The van der Waals surface area contributed by atoms with Crippen molar-refractivity contribution in [1.29, 1.82) is 5.26 Å². The molecule has 3 rings (SSSR count). The molecular formula is C14H9N3. The van der Waals surface area contributed by atoms with Crippen molar-refractivity contribution in [2.24, 2.45) is 0 Å². The van der Waals surface area contributed by atoms with Crippen molar-refractivity contribution in [2.45, 2.75) is 0 Å². The lowest BCUT2D eigenvalue weighted by Gasteiger charge is -1.99. The first-order valence-electron chi connectivity index (χ1n) is 5.31. The van der Waals surface area contributed by atoms with Crippen LogP contribution >= 0.6 is 0 Å². The summed E-state index contributed by atoms with van der Waals surface area (Å²) in [7, 11) is 0. The third-order valence-corrected chi connectivity index (χ3v) is 2.75. The third-order valence-electron chi connectivity index (χ3n) is 2.75. The van der Waals surface area contributed by atoms with Crippen molar-refractivity contribution in [3.05, 3.63) is 60.4 Å². The van der Waals surface area contributed by atoms with Crippen LogP contribution in [0, 0.1) is 11.3 Å². The van der Waals surface area contributed by atoms with Crippen molar-refractivity contribution < 1.29 is 0 Å². The van der Waals surface area contributed by atoms with Gasteiger partial charge in [-0.15, -0.1) is 0 Å². The molecule has 0 saturated carbocycles. The Labute approximate surface area is 98.6 Å². The molecule has 17 heavy (non-hydrogen) atoms. The molecule has 1 aromatic carbocycles. The van der Waals surface area contributed by atoms with Gasteiger partial charge in [0.25, 0.3) is 0 Å². The van der Waals surface area contributed by atoms with Crippen LogP contribution < -0.4 is 0 Å². The van der Waals surface area contributed by atoms with Gasteiger partial charge in [-0.1, -0.05) is 18.2 Å². The molecule has 0 amide bonds. The smallest absolute Gasteiger partial charge is 0.0991 e. The Morgan fingerprint density at radius 1 is 1.06 bits per heavy atom. The summed E-state index contributed by atoms with van der Waals surface area (Å²) in [6.07, 6.45) is 3.76. The molecule has 0 atom stereocenters. The number of benzene rings is 1. The lowest BCUT2D eigenvalue weighted by Crippen LogP contribution is -1.83. The SMILES string of the molecule is N#Cc1ccc(-c2cnn3ccccc23)cc1. The standard InChI is InChI=1S/C14H9N3/c15-9-11-4-6-12(7-5-11)13-10-16-17-8-2-1-3-14(13)17/h1-8,10H. The van der Waals surface area contributed by atoms with Gasteiger partial charge in [0.15, 0.2) is 0 Å². The highest BCUT2D eigenvalue weighted by Gasteiger charge is 2.05. The van der Waals surface area contributed by atoms with Crippen LogP contribution in [0.1, 0.15) is 5.56 Å². The molecule has 0 spiro atoms. The fourth-order valence-electron chi connectivity index (χ4n) is 1.88. The summed E-state index contributed by atoms with van der Waals surface area (Å²) in [6, 6.07) is 15.6. The van der Waals surface area contributed by atoms with Gasteiger partial charge in [-0.05, 0) is 29.8 Å². The molecule has 0 N–H and O–H groups in total. The molecule has 0 unspecified atom stereocenters. The number of hydrogen-bond donors (Lipinski definition) is 0. The van der Waals surface area contributed by atoms with E-state index in [9.17, 15) is 0 Å². The van der Waals surface area contributed by atoms with Gasteiger partial charge in [-0.3, -0.25) is 0 Å². The van der Waals surface area contributed by atoms with Crippen molar-refractivity contribution >= 4 is 5.52 Å². The molecule has 80 valence electrons. The quantitative estimate of drug-likeness (QED) is 0.631. The highest BCUT2D eigenvalue weighted by atomic mass is 15.2. The van der Waals surface area contributed by atoms with Crippen molar-refractivity contribution in [1.82, 2.24) is 9.61 Å². The number of aromatic nitrogens is 2. The van der Waals surface area contributed by atoms with Gasteiger partial charge in [0.2, 0.25) is 0 Å². The summed E-state index contributed by atoms with van der Waals surface area (Å²) in [5.41, 5.74) is 3.89. The normalized spacial score (nSPS) is 10.3. The lowest BCUT2D eigenvalue weighted by molar-refractivity contribution is 0.961. The van der Waals surface area contributed by atoms with Crippen LogP contribution in [0.15, 0.2) is 54.9 Å². The fraction of sp³-hybridized carbons (Fsp3) is 0. The Morgan fingerprint density at radius 2 is 1.88 bits per heavy atom. The Kier molecular flexibility index (Phi) is 2.13. The van der Waals surface area contributed by atoms with Gasteiger partial charge in [0, 0.05) is 11.8 Å². The Hall–Kier alpha value is -2.60. The molecule has 0 fully saturated rings. The van der Waals surface area contributed by atoms with Crippen molar-refractivity contribution in [3.8, 4) is 17.2 Å². The molecule has 2 aromatic heterocycles. The number of nitriles is 1. The second kappa shape index (κ2) is 3.76. The number of rotatable bonds is 1. The number of hydrogen-bond acceptors (Lipinski definition) is 2. The molecule has 0 aliphatic rings. The maximum atomic E-state index is 8.76. The molecule has 3 heteroatoms. The van der Waals surface area contributed by atoms with Gasteiger partial charge in [0.05, 0.1) is 23.3 Å². The van der Waals surface area contributed by atoms with E-state index in [2.05, 4.69) is 11.2 Å². The van der Waals surface area contributed by atoms with Crippen LogP contribution in [-0.4, -0.2) is 9.61 Å². The van der Waals surface area contributed by atoms with E-state index in [0.717, 1.165) is 16.6 Å². The molecule has 0 aliphatic heterocycles. The number of nitrogens with zero attached hydrogens (tertiary/aromatic N) is 3. The summed E-state index contributed by atoms with van der Waals surface area (Å²) in [6.45, 7) is 0. The van der Waals surface area contributed by atoms with Crippen LogP contribution in [0.25, 0.3) is 16.6 Å². The van der Waals surface area contributed by atoms with Crippen LogP contribution in [0.4, 0.5) is 0 Å². The van der Waals surface area contributed by atoms with Gasteiger partial charge in [-0.2, -0.15) is 10.4 Å². The van der Waals surface area contributed by atoms with E-state index in [1.807, 2.05) is 59.4 Å². The minimum atomic E-state index is 0.672. The summed E-state index contributed by atoms with van der Waals surface area (Å²) < 4.78 is 1.84. The van der Waals surface area contributed by atoms with E-state index < -0.39 is 0 Å². The van der Waals surface area contributed by atoms with Gasteiger partial charge in [-0.25, -0.2) is 4.52 Å². The highest BCUT2D eigenvalue weighted by Crippen LogP contribution is 2.24. The Balaban J connectivity index is 2.17. The molecule has 3 aromatic rings. The first-order chi connectivity index (χ1) is 8.38. The maximum Gasteiger partial charge on any atom is 0.0991 e. The monoisotopic (exact) mass is 219 g/mol. The van der Waals surface area contributed by atoms with Crippen molar-refractivity contribution in [3.63, 3.8) is 0 Å². The molecular weight excluding hydrogens is 210 g/mol. The Bertz CT molecular complexity index is 702. The summed E-state index contributed by atoms with van der Waals surface area (Å²) in [5, 5.41) is 13.1. The van der Waals surface area contributed by atoms with Crippen LogP contribution in [0.3, 0.4) is 0 Å². The molecule has 0 radical (unpaired) electrons. The second-order valence-electron chi connectivity index (χ2n) is 3.78. The highest BCUT2D eigenvalue weighted by molar-refractivity contribution is 5.79. The van der Waals surface area contributed by atoms with Gasteiger partial charge >= 0.3 is 0 Å². The maximum absolute atomic E-state index is 8.76. The predicted octanol–water partition coefficient (Wildman–Crippen LogP) is 2.87. The van der Waals surface area contributed by atoms with Gasteiger partial charge < -0.3 is 0 Å². The van der Waals surface area contributed by atoms with Crippen LogP contribution in [-0.2, 0) is 0 Å². The largest absolute Gasteiger partial charge is 0.240 e. The molecule has 0 bridgehead atoms. The zero-order valence-electron chi connectivity index (χ0n) is 9.04. The molecule has 0 saturated heterocycles. The summed E-state index contributed by atoms with van der Waals surface area (Å²) in [5.74, 6) is 0. The fourth-order valence-corrected chi connectivity index (χ4v) is 1.88. The molecule has 3 nitrogen and oxygen atoms in total. The van der Waals surface area contributed by atoms with E-state index in [4.69, 9.17) is 5.26 Å². The van der Waals surface area contributed by atoms with E-state index in [1.165, 1.54) is 0 Å². The number of fused-ring (bicyclic) bond motifs is 1. The molecule has 0 aliphatic carbocycles. The third kappa shape index (κ3) is 1.56. The topological polar surface area (TPSA) is 41.1 Å². The second-order valence-corrected chi connectivity index (χ2v) is 3.78. The lowest BCUT2D eigenvalue weighted by atomic mass is 10.1. The zero-order valence-corrected chi connectivity index (χ0v) is 9.04.